The minimum absolute atomic E-state index is 0.116. The highest BCUT2D eigenvalue weighted by Gasteiger charge is 2.18. The van der Waals surface area contributed by atoms with E-state index in [0.717, 1.165) is 48.0 Å². The van der Waals surface area contributed by atoms with Crippen LogP contribution in [0.5, 0.6) is 0 Å². The molecule has 3 rings (SSSR count). The van der Waals surface area contributed by atoms with E-state index in [1.807, 2.05) is 28.8 Å². The average molecular weight is 399 g/mol. The molecule has 0 unspecified atom stereocenters. The van der Waals surface area contributed by atoms with E-state index in [9.17, 15) is 4.79 Å². The van der Waals surface area contributed by atoms with Crippen LogP contribution in [-0.2, 0) is 4.79 Å². The van der Waals surface area contributed by atoms with E-state index in [-0.39, 0.29) is 5.91 Å². The molecule has 0 saturated heterocycles. The van der Waals surface area contributed by atoms with Gasteiger partial charge in [0.25, 0.3) is 0 Å². The van der Waals surface area contributed by atoms with Gasteiger partial charge in [0.15, 0.2) is 10.9 Å². The quantitative estimate of drug-likeness (QED) is 0.398. The first-order chi connectivity index (χ1) is 13.7. The fraction of sp³-hybridized carbons (Fsp3) is 0.381. The van der Waals surface area contributed by atoms with Gasteiger partial charge in [-0.15, -0.1) is 10.2 Å². The summed E-state index contributed by atoms with van der Waals surface area (Å²) >= 11 is 1.60. The van der Waals surface area contributed by atoms with Crippen molar-refractivity contribution in [3.8, 4) is 17.3 Å². The second kappa shape index (κ2) is 10.1. The smallest absolute Gasteiger partial charge is 0.220 e. The molecule has 1 aromatic carbocycles. The lowest BCUT2D eigenvalue weighted by Gasteiger charge is -2.10. The van der Waals surface area contributed by atoms with Gasteiger partial charge >= 0.3 is 0 Å². The average Bonchev–Trinajstić information content (AvgIpc) is 3.35. The van der Waals surface area contributed by atoms with Crippen molar-refractivity contribution < 1.29 is 9.21 Å². The first-order valence-corrected chi connectivity index (χ1v) is 10.6. The number of hydrogen-bond donors (Lipinski definition) is 1. The summed E-state index contributed by atoms with van der Waals surface area (Å²) < 4.78 is 7.56. The number of furan rings is 1. The van der Waals surface area contributed by atoms with Gasteiger partial charge in [0.05, 0.1) is 12.0 Å². The first kappa shape index (κ1) is 20.2. The van der Waals surface area contributed by atoms with E-state index >= 15 is 0 Å². The Kier molecular flexibility index (Phi) is 7.31. The zero-order valence-electron chi connectivity index (χ0n) is 16.4. The molecule has 2 aromatic heterocycles. The molecule has 6 nitrogen and oxygen atoms in total. The van der Waals surface area contributed by atoms with Crippen LogP contribution in [0.2, 0.25) is 0 Å². The van der Waals surface area contributed by atoms with Crippen molar-refractivity contribution in [2.45, 2.75) is 44.7 Å². The Hall–Kier alpha value is -2.54. The number of rotatable bonds is 10. The molecule has 0 spiro atoms. The summed E-state index contributed by atoms with van der Waals surface area (Å²) in [5.41, 5.74) is 2.16. The Morgan fingerprint density at radius 1 is 1.21 bits per heavy atom. The molecule has 0 saturated carbocycles. The number of nitrogens with one attached hydrogen (secondary N) is 1. The van der Waals surface area contributed by atoms with Crippen molar-refractivity contribution in [2.75, 3.05) is 12.3 Å². The first-order valence-electron chi connectivity index (χ1n) is 9.65. The number of nitrogens with zero attached hydrogens (tertiary/aromatic N) is 3. The third-order valence-electron chi connectivity index (χ3n) is 4.27. The molecule has 0 radical (unpaired) electrons. The van der Waals surface area contributed by atoms with Gasteiger partial charge in [0.1, 0.15) is 0 Å². The molecule has 3 aromatic rings. The van der Waals surface area contributed by atoms with E-state index in [1.165, 1.54) is 0 Å². The molecule has 0 atom stereocenters. The third-order valence-corrected chi connectivity index (χ3v) is 5.28. The van der Waals surface area contributed by atoms with Gasteiger partial charge in [0, 0.05) is 18.7 Å². The lowest BCUT2D eigenvalue weighted by atomic mass is 10.2. The molecule has 0 bridgehead atoms. The van der Waals surface area contributed by atoms with Crippen molar-refractivity contribution in [1.29, 1.82) is 0 Å². The molecule has 0 fully saturated rings. The summed E-state index contributed by atoms with van der Waals surface area (Å²) in [5, 5.41) is 12.5. The van der Waals surface area contributed by atoms with Gasteiger partial charge in [-0.3, -0.25) is 9.36 Å². The lowest BCUT2D eigenvalue weighted by molar-refractivity contribution is -0.121. The van der Waals surface area contributed by atoms with Gasteiger partial charge in [-0.25, -0.2) is 0 Å². The van der Waals surface area contributed by atoms with Crippen molar-refractivity contribution in [2.24, 2.45) is 0 Å². The van der Waals surface area contributed by atoms with E-state index in [1.54, 1.807) is 18.0 Å². The number of carbonyl (C=O) groups excluding carboxylic acids is 1. The number of aromatic nitrogens is 3. The van der Waals surface area contributed by atoms with Crippen LogP contribution in [0.3, 0.4) is 0 Å². The van der Waals surface area contributed by atoms with Crippen LogP contribution >= 0.6 is 11.8 Å². The number of amides is 1. The maximum absolute atomic E-state index is 11.8. The molecule has 0 aliphatic heterocycles. The number of hydrogen-bond acceptors (Lipinski definition) is 5. The highest BCUT2D eigenvalue weighted by molar-refractivity contribution is 7.99. The lowest BCUT2D eigenvalue weighted by Crippen LogP contribution is -2.24. The second-order valence-corrected chi connectivity index (χ2v) is 7.68. The van der Waals surface area contributed by atoms with Crippen LogP contribution in [0.1, 0.15) is 38.2 Å². The highest BCUT2D eigenvalue weighted by atomic mass is 32.2. The topological polar surface area (TPSA) is 73.0 Å². The summed E-state index contributed by atoms with van der Waals surface area (Å²) in [6.07, 6.45) is 5.06. The summed E-state index contributed by atoms with van der Waals surface area (Å²) in [7, 11) is 0. The van der Waals surface area contributed by atoms with Crippen LogP contribution in [0.4, 0.5) is 0 Å². The largest absolute Gasteiger partial charge is 0.461 e. The van der Waals surface area contributed by atoms with Gasteiger partial charge in [-0.05, 0) is 49.6 Å². The van der Waals surface area contributed by atoms with Crippen LogP contribution < -0.4 is 5.32 Å². The van der Waals surface area contributed by atoms with Crippen molar-refractivity contribution in [1.82, 2.24) is 20.1 Å². The highest BCUT2D eigenvalue weighted by Crippen LogP contribution is 2.29. The van der Waals surface area contributed by atoms with Crippen LogP contribution in [0.15, 0.2) is 52.2 Å². The SMILES string of the molecule is CCCCNC(=O)CCCSc1nnc(-c2ccco2)n1-c1cccc(C)c1. The van der Waals surface area contributed by atoms with Gasteiger partial charge < -0.3 is 9.73 Å². The number of carbonyl (C=O) groups is 1. The minimum atomic E-state index is 0.116. The Balaban J connectivity index is 1.69. The predicted octanol–water partition coefficient (Wildman–Crippen LogP) is 4.62. The van der Waals surface area contributed by atoms with E-state index in [2.05, 4.69) is 41.5 Å². The fourth-order valence-corrected chi connectivity index (χ4v) is 3.71. The maximum Gasteiger partial charge on any atom is 0.220 e. The summed E-state index contributed by atoms with van der Waals surface area (Å²) in [4.78, 5) is 11.8. The summed E-state index contributed by atoms with van der Waals surface area (Å²) in [6, 6.07) is 11.9. The van der Waals surface area contributed by atoms with Crippen LogP contribution in [-0.4, -0.2) is 33.0 Å². The van der Waals surface area contributed by atoms with Gasteiger partial charge in [-0.1, -0.05) is 37.2 Å². The van der Waals surface area contributed by atoms with Crippen LogP contribution in [0.25, 0.3) is 17.3 Å². The Bertz CT molecular complexity index is 890. The number of aryl methyl sites for hydroxylation is 1. The normalized spacial score (nSPS) is 10.9. The molecule has 0 aliphatic rings. The summed E-state index contributed by atoms with van der Waals surface area (Å²) in [5.74, 6) is 2.26. The second-order valence-electron chi connectivity index (χ2n) is 6.61. The molecule has 0 aliphatic carbocycles. The summed E-state index contributed by atoms with van der Waals surface area (Å²) in [6.45, 7) is 4.94. The maximum atomic E-state index is 11.8. The van der Waals surface area contributed by atoms with E-state index in [4.69, 9.17) is 4.42 Å². The van der Waals surface area contributed by atoms with Crippen molar-refractivity contribution >= 4 is 17.7 Å². The minimum Gasteiger partial charge on any atom is -0.461 e. The van der Waals surface area contributed by atoms with Crippen molar-refractivity contribution in [3.63, 3.8) is 0 Å². The zero-order chi connectivity index (χ0) is 19.8. The molecule has 148 valence electrons. The van der Waals surface area contributed by atoms with Gasteiger partial charge in [-0.2, -0.15) is 0 Å². The molecule has 7 heteroatoms. The molecule has 28 heavy (non-hydrogen) atoms. The molecule has 1 N–H and O–H groups in total. The standard InChI is InChI=1S/C21H26N4O2S/c1-3-4-12-22-19(26)11-7-14-28-21-24-23-20(18-10-6-13-27-18)25(21)17-9-5-8-16(2)15-17/h5-6,8-10,13,15H,3-4,7,11-12,14H2,1-2H3,(H,22,26). The third kappa shape index (κ3) is 5.25. The number of thioether (sulfide) groups is 1. The van der Waals surface area contributed by atoms with E-state index in [0.29, 0.717) is 18.0 Å². The Morgan fingerprint density at radius 2 is 2.11 bits per heavy atom. The zero-order valence-corrected chi connectivity index (χ0v) is 17.2. The molecule has 1 amide bonds. The molecular weight excluding hydrogens is 372 g/mol. The monoisotopic (exact) mass is 398 g/mol. The predicted molar refractivity (Wildman–Crippen MR) is 112 cm³/mol. The van der Waals surface area contributed by atoms with Gasteiger partial charge in [0.2, 0.25) is 11.7 Å². The number of unbranched alkanes of at least 4 members (excludes halogenated alkanes) is 1. The molecule has 2 heterocycles. The van der Waals surface area contributed by atoms with E-state index < -0.39 is 0 Å². The Labute approximate surface area is 169 Å². The number of benzene rings is 1. The Morgan fingerprint density at radius 3 is 2.86 bits per heavy atom. The van der Waals surface area contributed by atoms with Crippen molar-refractivity contribution in [3.05, 3.63) is 48.2 Å². The molecular formula is C21H26N4O2S. The fourth-order valence-electron chi connectivity index (χ4n) is 2.82. The van der Waals surface area contributed by atoms with Crippen LogP contribution in [0, 0.1) is 6.92 Å².